The maximum Gasteiger partial charge on any atom is 0.330 e. The molecule has 0 aromatic heterocycles. The lowest BCUT2D eigenvalue weighted by Gasteiger charge is -2.28. The van der Waals surface area contributed by atoms with E-state index in [1.165, 1.54) is 11.6 Å². The average molecular weight is 425 g/mol. The first kappa shape index (κ1) is 25.6. The molecule has 0 bridgehead atoms. The van der Waals surface area contributed by atoms with E-state index in [0.717, 1.165) is 16.9 Å². The van der Waals surface area contributed by atoms with Gasteiger partial charge in [-0.15, -0.1) is 0 Å². The number of hydrogen-bond donors (Lipinski definition) is 0. The molecule has 1 atom stereocenters. The van der Waals surface area contributed by atoms with E-state index in [-0.39, 0.29) is 36.0 Å². The smallest absolute Gasteiger partial charge is 0.330 e. The SMILES string of the molecule is CCOP(=O)(CC)OCC(=O)C=Cc1cc(C(C)(C)C)cc(C(C)(C)C)c1OC. The van der Waals surface area contributed by atoms with E-state index in [0.29, 0.717) is 0 Å². The summed E-state index contributed by atoms with van der Waals surface area (Å²) >= 11 is 0. The number of carbonyl (C=O) groups is 1. The van der Waals surface area contributed by atoms with Crippen molar-refractivity contribution in [1.82, 2.24) is 0 Å². The third-order valence-electron chi connectivity index (χ3n) is 4.56. The van der Waals surface area contributed by atoms with Gasteiger partial charge in [0, 0.05) is 17.3 Å². The van der Waals surface area contributed by atoms with Crippen molar-refractivity contribution in [2.75, 3.05) is 26.5 Å². The first-order valence-corrected chi connectivity index (χ1v) is 11.8. The van der Waals surface area contributed by atoms with E-state index in [2.05, 4.69) is 53.7 Å². The number of hydrogen-bond acceptors (Lipinski definition) is 5. The van der Waals surface area contributed by atoms with Crippen molar-refractivity contribution < 1.29 is 23.1 Å². The molecule has 164 valence electrons. The first-order chi connectivity index (χ1) is 13.3. The molecule has 6 heteroatoms. The zero-order chi connectivity index (χ0) is 22.5. The molecule has 1 unspecified atom stereocenters. The van der Waals surface area contributed by atoms with Crippen LogP contribution in [-0.4, -0.2) is 32.3 Å². The largest absolute Gasteiger partial charge is 0.496 e. The summed E-state index contributed by atoms with van der Waals surface area (Å²) in [6.07, 6.45) is 3.42. The molecule has 5 nitrogen and oxygen atoms in total. The zero-order valence-corrected chi connectivity index (χ0v) is 20.3. The van der Waals surface area contributed by atoms with E-state index in [1.807, 2.05) is 0 Å². The molecule has 1 aromatic carbocycles. The summed E-state index contributed by atoms with van der Waals surface area (Å²) in [5.74, 6) is 0.475. The minimum Gasteiger partial charge on any atom is -0.496 e. The fourth-order valence-corrected chi connectivity index (χ4v) is 3.96. The van der Waals surface area contributed by atoms with Gasteiger partial charge in [0.15, 0.2) is 5.78 Å². The van der Waals surface area contributed by atoms with Crippen molar-refractivity contribution in [3.63, 3.8) is 0 Å². The van der Waals surface area contributed by atoms with Crippen LogP contribution in [0.2, 0.25) is 0 Å². The van der Waals surface area contributed by atoms with Crippen LogP contribution in [-0.2, 0) is 29.2 Å². The van der Waals surface area contributed by atoms with E-state index in [9.17, 15) is 9.36 Å². The van der Waals surface area contributed by atoms with Crippen molar-refractivity contribution in [3.8, 4) is 5.75 Å². The van der Waals surface area contributed by atoms with Crippen molar-refractivity contribution >= 4 is 19.5 Å². The van der Waals surface area contributed by atoms with Crippen LogP contribution in [0.25, 0.3) is 6.08 Å². The minimum atomic E-state index is -3.20. The molecule has 0 spiro atoms. The fourth-order valence-electron chi connectivity index (χ4n) is 2.80. The molecule has 0 saturated heterocycles. The molecule has 0 aliphatic heterocycles. The highest BCUT2D eigenvalue weighted by molar-refractivity contribution is 7.53. The highest BCUT2D eigenvalue weighted by atomic mass is 31.2. The molecule has 0 fully saturated rings. The van der Waals surface area contributed by atoms with Gasteiger partial charge in [-0.3, -0.25) is 9.36 Å². The van der Waals surface area contributed by atoms with E-state index in [1.54, 1.807) is 27.0 Å². The van der Waals surface area contributed by atoms with E-state index < -0.39 is 7.60 Å². The molecule has 0 aliphatic carbocycles. The summed E-state index contributed by atoms with van der Waals surface area (Å²) in [6, 6.07) is 4.23. The number of benzene rings is 1. The Morgan fingerprint density at radius 3 is 2.10 bits per heavy atom. The number of ether oxygens (including phenoxy) is 1. The summed E-state index contributed by atoms with van der Waals surface area (Å²) in [6.45, 7) is 16.3. The Morgan fingerprint density at radius 2 is 1.66 bits per heavy atom. The van der Waals surface area contributed by atoms with Crippen molar-refractivity contribution in [2.45, 2.75) is 66.2 Å². The van der Waals surface area contributed by atoms with Crippen LogP contribution in [0, 0.1) is 0 Å². The van der Waals surface area contributed by atoms with Crippen LogP contribution in [0.15, 0.2) is 18.2 Å². The lowest BCUT2D eigenvalue weighted by molar-refractivity contribution is -0.116. The standard InChI is InChI=1S/C23H37O5P/c1-10-27-29(25,11-2)28-16-19(24)13-12-17-14-18(22(3,4)5)15-20(21(17)26-9)23(6,7)8/h12-15H,10-11,16H2,1-9H3. The van der Waals surface area contributed by atoms with Gasteiger partial charge in [-0.2, -0.15) is 0 Å². The Balaban J connectivity index is 3.22. The van der Waals surface area contributed by atoms with Crippen LogP contribution >= 0.6 is 7.60 Å². The van der Waals surface area contributed by atoms with Gasteiger partial charge in [-0.25, -0.2) is 0 Å². The summed E-state index contributed by atoms with van der Waals surface area (Å²) in [7, 11) is -1.56. The van der Waals surface area contributed by atoms with Crippen LogP contribution in [0.5, 0.6) is 5.75 Å². The Morgan fingerprint density at radius 1 is 1.03 bits per heavy atom. The summed E-state index contributed by atoms with van der Waals surface area (Å²) in [4.78, 5) is 12.3. The summed E-state index contributed by atoms with van der Waals surface area (Å²) in [5, 5.41) is 0. The Bertz CT molecular complexity index is 782. The predicted molar refractivity (Wildman–Crippen MR) is 120 cm³/mol. The maximum atomic E-state index is 12.3. The van der Waals surface area contributed by atoms with Gasteiger partial charge in [0.2, 0.25) is 0 Å². The van der Waals surface area contributed by atoms with Crippen molar-refractivity contribution in [2.24, 2.45) is 0 Å². The van der Waals surface area contributed by atoms with Gasteiger partial charge in [-0.1, -0.05) is 54.5 Å². The molecule has 1 aromatic rings. The summed E-state index contributed by atoms with van der Waals surface area (Å²) in [5.41, 5.74) is 2.92. The monoisotopic (exact) mass is 424 g/mol. The highest BCUT2D eigenvalue weighted by Crippen LogP contribution is 2.47. The van der Waals surface area contributed by atoms with Gasteiger partial charge in [0.05, 0.1) is 13.7 Å². The molecule has 0 radical (unpaired) electrons. The van der Waals surface area contributed by atoms with Crippen molar-refractivity contribution in [3.05, 3.63) is 34.9 Å². The van der Waals surface area contributed by atoms with Gasteiger partial charge >= 0.3 is 7.60 Å². The molecule has 1 rings (SSSR count). The number of ketones is 1. The van der Waals surface area contributed by atoms with Crippen LogP contribution in [0.1, 0.15) is 72.1 Å². The second kappa shape index (κ2) is 10.1. The number of rotatable bonds is 9. The van der Waals surface area contributed by atoms with Gasteiger partial charge in [-0.05, 0) is 41.5 Å². The normalized spacial score (nSPS) is 14.8. The highest BCUT2D eigenvalue weighted by Gasteiger charge is 2.25. The lowest BCUT2D eigenvalue weighted by atomic mass is 9.79. The third-order valence-corrected chi connectivity index (χ3v) is 6.51. The Kier molecular flexibility index (Phi) is 8.89. The molecule has 0 aliphatic rings. The van der Waals surface area contributed by atoms with E-state index >= 15 is 0 Å². The molecular weight excluding hydrogens is 387 g/mol. The quantitative estimate of drug-likeness (QED) is 0.352. The molecular formula is C23H37O5P. The summed E-state index contributed by atoms with van der Waals surface area (Å²) < 4.78 is 28.5. The number of methoxy groups -OCH3 is 1. The third kappa shape index (κ3) is 7.40. The average Bonchev–Trinajstić information content (AvgIpc) is 2.62. The van der Waals surface area contributed by atoms with Crippen LogP contribution in [0.4, 0.5) is 0 Å². The predicted octanol–water partition coefficient (Wildman–Crippen LogP) is 6.14. The molecule has 29 heavy (non-hydrogen) atoms. The molecule has 0 heterocycles. The number of carbonyl (C=O) groups excluding carboxylic acids is 1. The van der Waals surface area contributed by atoms with Crippen molar-refractivity contribution in [1.29, 1.82) is 0 Å². The Hall–Kier alpha value is -1.42. The molecule has 0 N–H and O–H groups in total. The van der Waals surface area contributed by atoms with Crippen LogP contribution in [0.3, 0.4) is 0 Å². The van der Waals surface area contributed by atoms with E-state index in [4.69, 9.17) is 13.8 Å². The first-order valence-electron chi connectivity index (χ1n) is 10.1. The lowest BCUT2D eigenvalue weighted by Crippen LogP contribution is -2.18. The Labute approximate surface area is 176 Å². The van der Waals surface area contributed by atoms with Gasteiger partial charge in [0.1, 0.15) is 12.4 Å². The second-order valence-electron chi connectivity index (χ2n) is 9.06. The fraction of sp³-hybridized carbons (Fsp3) is 0.609. The molecule has 0 saturated carbocycles. The maximum absolute atomic E-state index is 12.3. The second-order valence-corrected chi connectivity index (χ2v) is 11.4. The topological polar surface area (TPSA) is 61.8 Å². The zero-order valence-electron chi connectivity index (χ0n) is 19.4. The molecule has 0 amide bonds. The van der Waals surface area contributed by atoms with Gasteiger partial charge < -0.3 is 13.8 Å². The minimum absolute atomic E-state index is 0.0484. The van der Waals surface area contributed by atoms with Crippen LogP contribution < -0.4 is 4.74 Å². The van der Waals surface area contributed by atoms with Gasteiger partial charge in [0.25, 0.3) is 0 Å².